The molecular formula is C15H19NO5. The largest absolute Gasteiger partial charge is 0.456 e. The van der Waals surface area contributed by atoms with Crippen LogP contribution in [0.4, 0.5) is 0 Å². The molecule has 4 unspecified atom stereocenters. The van der Waals surface area contributed by atoms with Crippen molar-refractivity contribution in [1.82, 2.24) is 0 Å². The first kappa shape index (κ1) is 14.3. The quantitative estimate of drug-likeness (QED) is 0.551. The van der Waals surface area contributed by atoms with Gasteiger partial charge in [0.1, 0.15) is 5.60 Å². The number of esters is 1. The highest BCUT2D eigenvalue weighted by Gasteiger charge is 2.76. The van der Waals surface area contributed by atoms with Crippen molar-refractivity contribution in [2.75, 3.05) is 6.61 Å². The van der Waals surface area contributed by atoms with Crippen molar-refractivity contribution >= 4 is 17.7 Å². The smallest absolute Gasteiger partial charge is 0.313 e. The molecule has 1 amide bonds. The van der Waals surface area contributed by atoms with Crippen molar-refractivity contribution in [3.05, 3.63) is 11.6 Å². The summed E-state index contributed by atoms with van der Waals surface area (Å²) in [7, 11) is 0. The number of ether oxygens (including phenoxy) is 1. The van der Waals surface area contributed by atoms with Crippen LogP contribution >= 0.6 is 0 Å². The van der Waals surface area contributed by atoms with Gasteiger partial charge in [-0.3, -0.25) is 14.4 Å². The molecule has 3 aliphatic carbocycles. The topological polar surface area (TPSA) is 107 Å². The first-order chi connectivity index (χ1) is 9.85. The third kappa shape index (κ3) is 1.71. The SMILES string of the molecule is CC(=CC(=O)CC12C(=O)OC3(CO)CCC1CC32)C(N)=O. The highest BCUT2D eigenvalue weighted by atomic mass is 16.6. The van der Waals surface area contributed by atoms with Gasteiger partial charge < -0.3 is 15.6 Å². The number of allylic oxidation sites excluding steroid dienone is 1. The standard InChI is InChI=1S/C15H19NO5/c1-8(12(16)19)4-10(18)6-15-9-2-3-14(7-17,11(15)5-9)21-13(15)20/h4,9,11,17H,2-3,5-7H2,1H3,(H2,16,19). The second kappa shape index (κ2) is 4.40. The Morgan fingerprint density at radius 2 is 2.24 bits per heavy atom. The van der Waals surface area contributed by atoms with Crippen LogP contribution in [-0.2, 0) is 19.1 Å². The molecule has 1 aliphatic heterocycles. The van der Waals surface area contributed by atoms with E-state index in [-0.39, 0.29) is 42.2 Å². The molecule has 0 radical (unpaired) electrons. The van der Waals surface area contributed by atoms with Gasteiger partial charge in [-0.25, -0.2) is 0 Å². The summed E-state index contributed by atoms with van der Waals surface area (Å²) in [5.41, 5.74) is 3.70. The molecule has 4 atom stereocenters. The van der Waals surface area contributed by atoms with E-state index in [2.05, 4.69) is 0 Å². The van der Waals surface area contributed by atoms with Gasteiger partial charge in [-0.15, -0.1) is 0 Å². The van der Waals surface area contributed by atoms with Gasteiger partial charge in [-0.1, -0.05) is 0 Å². The van der Waals surface area contributed by atoms with Crippen LogP contribution in [-0.4, -0.2) is 35.0 Å². The number of ketones is 1. The van der Waals surface area contributed by atoms with Crippen LogP contribution in [0.3, 0.4) is 0 Å². The van der Waals surface area contributed by atoms with Crippen LogP contribution in [0.2, 0.25) is 0 Å². The number of hydrogen-bond donors (Lipinski definition) is 2. The van der Waals surface area contributed by atoms with E-state index >= 15 is 0 Å². The lowest BCUT2D eigenvalue weighted by Gasteiger charge is -2.56. The Hall–Kier alpha value is -1.69. The molecule has 6 heteroatoms. The Bertz CT molecular complexity index is 566. The molecule has 21 heavy (non-hydrogen) atoms. The van der Waals surface area contributed by atoms with E-state index < -0.39 is 16.9 Å². The van der Waals surface area contributed by atoms with Crippen molar-refractivity contribution in [2.24, 2.45) is 23.0 Å². The Labute approximate surface area is 122 Å². The molecule has 4 rings (SSSR count). The van der Waals surface area contributed by atoms with Gasteiger partial charge in [0.25, 0.3) is 0 Å². The lowest BCUT2D eigenvalue weighted by atomic mass is 9.43. The third-order valence-electron chi connectivity index (χ3n) is 5.60. The summed E-state index contributed by atoms with van der Waals surface area (Å²) >= 11 is 0. The van der Waals surface area contributed by atoms with Crippen molar-refractivity contribution in [2.45, 2.75) is 38.2 Å². The van der Waals surface area contributed by atoms with Gasteiger partial charge in [0.2, 0.25) is 5.91 Å². The van der Waals surface area contributed by atoms with Crippen molar-refractivity contribution in [1.29, 1.82) is 0 Å². The summed E-state index contributed by atoms with van der Waals surface area (Å²) < 4.78 is 5.48. The van der Waals surface area contributed by atoms with Gasteiger partial charge in [0, 0.05) is 17.9 Å². The number of primary amides is 1. The van der Waals surface area contributed by atoms with E-state index in [1.807, 2.05) is 0 Å². The van der Waals surface area contributed by atoms with E-state index in [0.717, 1.165) is 12.8 Å². The molecule has 0 aromatic heterocycles. The first-order valence-electron chi connectivity index (χ1n) is 7.21. The van der Waals surface area contributed by atoms with Crippen LogP contribution in [0.1, 0.15) is 32.6 Å². The van der Waals surface area contributed by atoms with Crippen LogP contribution in [0, 0.1) is 17.3 Å². The number of nitrogens with two attached hydrogens (primary N) is 1. The zero-order valence-corrected chi connectivity index (χ0v) is 11.9. The minimum Gasteiger partial charge on any atom is -0.456 e. The molecule has 4 fully saturated rings. The van der Waals surface area contributed by atoms with Gasteiger partial charge in [0.05, 0.1) is 12.0 Å². The van der Waals surface area contributed by atoms with E-state index in [1.165, 1.54) is 13.0 Å². The van der Waals surface area contributed by atoms with E-state index in [4.69, 9.17) is 10.5 Å². The van der Waals surface area contributed by atoms with Crippen molar-refractivity contribution in [3.8, 4) is 0 Å². The molecule has 1 saturated heterocycles. The van der Waals surface area contributed by atoms with Crippen LogP contribution in [0.5, 0.6) is 0 Å². The van der Waals surface area contributed by atoms with E-state index in [9.17, 15) is 19.5 Å². The summed E-state index contributed by atoms with van der Waals surface area (Å²) in [5, 5.41) is 9.61. The fraction of sp³-hybridized carbons (Fsp3) is 0.667. The summed E-state index contributed by atoms with van der Waals surface area (Å²) in [6.45, 7) is 1.28. The normalized spacial score (nSPS) is 40.5. The summed E-state index contributed by atoms with van der Waals surface area (Å²) in [4.78, 5) is 35.5. The zero-order valence-electron chi connectivity index (χ0n) is 11.9. The number of aliphatic hydroxyl groups excluding tert-OH is 1. The van der Waals surface area contributed by atoms with Gasteiger partial charge in [-0.2, -0.15) is 0 Å². The average molecular weight is 293 g/mol. The number of carbonyl (C=O) groups excluding carboxylic acids is 3. The minimum atomic E-state index is -0.799. The summed E-state index contributed by atoms with van der Waals surface area (Å²) in [6, 6.07) is 0. The molecule has 0 aromatic carbocycles. The molecule has 1 heterocycles. The Morgan fingerprint density at radius 3 is 2.81 bits per heavy atom. The average Bonchev–Trinajstić information content (AvgIpc) is 2.54. The van der Waals surface area contributed by atoms with Crippen molar-refractivity contribution < 1.29 is 24.2 Å². The molecule has 4 aliphatic rings. The molecule has 3 N–H and O–H groups in total. The molecule has 6 nitrogen and oxygen atoms in total. The molecule has 114 valence electrons. The lowest BCUT2D eigenvalue weighted by Crippen LogP contribution is -2.61. The highest BCUT2D eigenvalue weighted by molar-refractivity contribution is 6.02. The van der Waals surface area contributed by atoms with Crippen LogP contribution in [0.15, 0.2) is 11.6 Å². The van der Waals surface area contributed by atoms with Crippen molar-refractivity contribution in [3.63, 3.8) is 0 Å². The molecular weight excluding hydrogens is 274 g/mol. The number of amides is 1. The maximum absolute atomic E-state index is 12.3. The van der Waals surface area contributed by atoms with E-state index in [0.29, 0.717) is 6.42 Å². The maximum Gasteiger partial charge on any atom is 0.313 e. The molecule has 3 saturated carbocycles. The number of rotatable bonds is 5. The summed E-state index contributed by atoms with van der Waals surface area (Å²) in [6.07, 6.45) is 3.51. The third-order valence-corrected chi connectivity index (χ3v) is 5.60. The van der Waals surface area contributed by atoms with Crippen LogP contribution < -0.4 is 5.73 Å². The zero-order chi connectivity index (χ0) is 15.4. The predicted octanol–water partition coefficient (Wildman–Crippen LogP) is 0.0814. The monoisotopic (exact) mass is 293 g/mol. The second-order valence-electron chi connectivity index (χ2n) is 6.51. The minimum absolute atomic E-state index is 0.0353. The molecule has 0 spiro atoms. The maximum atomic E-state index is 12.3. The molecule has 0 aromatic rings. The second-order valence-corrected chi connectivity index (χ2v) is 6.51. The fourth-order valence-electron chi connectivity index (χ4n) is 4.41. The Morgan fingerprint density at radius 1 is 1.52 bits per heavy atom. The number of aliphatic hydroxyl groups is 1. The summed E-state index contributed by atoms with van der Waals surface area (Å²) in [5.74, 6) is -1.24. The lowest BCUT2D eigenvalue weighted by molar-refractivity contribution is -0.157. The highest BCUT2D eigenvalue weighted by Crippen LogP contribution is 2.70. The fourth-order valence-corrected chi connectivity index (χ4v) is 4.41. The van der Waals surface area contributed by atoms with Gasteiger partial charge in [-0.05, 0) is 38.2 Å². The number of hydrogen-bond acceptors (Lipinski definition) is 5. The number of fused-ring (bicyclic) bond motifs is 1. The Kier molecular flexibility index (Phi) is 2.99. The van der Waals surface area contributed by atoms with Crippen LogP contribution in [0.25, 0.3) is 0 Å². The first-order valence-corrected chi connectivity index (χ1v) is 7.21. The van der Waals surface area contributed by atoms with Gasteiger partial charge >= 0.3 is 5.97 Å². The predicted molar refractivity (Wildman–Crippen MR) is 71.7 cm³/mol. The molecule has 4 bridgehead atoms. The number of carbonyl (C=O) groups is 3. The Balaban J connectivity index is 1.86. The van der Waals surface area contributed by atoms with E-state index in [1.54, 1.807) is 0 Å². The van der Waals surface area contributed by atoms with Gasteiger partial charge in [0.15, 0.2) is 5.78 Å².